The number of benzene rings is 2. The van der Waals surface area contributed by atoms with Crippen molar-refractivity contribution in [2.45, 2.75) is 38.0 Å². The van der Waals surface area contributed by atoms with Crippen molar-refractivity contribution in [2.24, 2.45) is 5.41 Å². The number of carbonyl (C=O) groups is 1. The number of hydrogen-bond acceptors (Lipinski definition) is 4. The van der Waals surface area contributed by atoms with Crippen LogP contribution >= 0.6 is 0 Å². The van der Waals surface area contributed by atoms with E-state index in [0.717, 1.165) is 16.7 Å². The van der Waals surface area contributed by atoms with Crippen molar-refractivity contribution in [3.05, 3.63) is 71.3 Å². The van der Waals surface area contributed by atoms with Gasteiger partial charge in [0.05, 0.1) is 18.8 Å². The van der Waals surface area contributed by atoms with Crippen LogP contribution in [0.25, 0.3) is 0 Å². The van der Waals surface area contributed by atoms with E-state index in [0.29, 0.717) is 45.6 Å². The number of hydrogen-bond donors (Lipinski definition) is 1. The van der Waals surface area contributed by atoms with Gasteiger partial charge in [0.15, 0.2) is 0 Å². The smallest absolute Gasteiger partial charge is 0.224 e. The van der Waals surface area contributed by atoms with E-state index in [1.165, 1.54) is 0 Å². The van der Waals surface area contributed by atoms with Gasteiger partial charge in [0.2, 0.25) is 15.9 Å². The number of sulfonamides is 1. The van der Waals surface area contributed by atoms with E-state index in [1.54, 1.807) is 4.31 Å². The van der Waals surface area contributed by atoms with Crippen molar-refractivity contribution in [1.29, 1.82) is 0 Å². The summed E-state index contributed by atoms with van der Waals surface area (Å²) in [6.07, 6.45) is 1.71. The third kappa shape index (κ3) is 5.17. The van der Waals surface area contributed by atoms with Crippen LogP contribution in [0.4, 0.5) is 0 Å². The van der Waals surface area contributed by atoms with Crippen LogP contribution in [0, 0.1) is 12.3 Å². The maximum atomic E-state index is 13.1. The van der Waals surface area contributed by atoms with E-state index in [4.69, 9.17) is 4.74 Å². The summed E-state index contributed by atoms with van der Waals surface area (Å²) in [5, 5.41) is 3.19. The van der Waals surface area contributed by atoms with Crippen molar-refractivity contribution in [2.75, 3.05) is 26.3 Å². The van der Waals surface area contributed by atoms with Gasteiger partial charge in [-0.1, -0.05) is 60.2 Å². The average molecular weight is 443 g/mol. The van der Waals surface area contributed by atoms with E-state index in [9.17, 15) is 13.2 Å². The molecule has 2 aromatic carbocycles. The van der Waals surface area contributed by atoms with Gasteiger partial charge in [-0.2, -0.15) is 0 Å². The van der Waals surface area contributed by atoms with E-state index in [2.05, 4.69) is 5.32 Å². The van der Waals surface area contributed by atoms with Crippen LogP contribution < -0.4 is 5.32 Å². The largest absolute Gasteiger partial charge is 0.381 e. The van der Waals surface area contributed by atoms with E-state index in [-0.39, 0.29) is 23.1 Å². The molecule has 2 heterocycles. The molecule has 4 rings (SSSR count). The molecule has 7 heteroatoms. The monoisotopic (exact) mass is 442 g/mol. The first-order chi connectivity index (χ1) is 14.9. The van der Waals surface area contributed by atoms with Crippen molar-refractivity contribution < 1.29 is 17.9 Å². The molecule has 0 unspecified atom stereocenters. The Morgan fingerprint density at radius 1 is 1.13 bits per heavy atom. The number of aryl methyl sites for hydroxylation is 1. The van der Waals surface area contributed by atoms with E-state index >= 15 is 0 Å². The molecule has 0 radical (unpaired) electrons. The fourth-order valence-corrected chi connectivity index (χ4v) is 6.24. The minimum Gasteiger partial charge on any atom is -0.381 e. The summed E-state index contributed by atoms with van der Waals surface area (Å²) in [7, 11) is -3.44. The second-order valence-electron chi connectivity index (χ2n) is 8.81. The number of ether oxygens (including phenoxy) is 1. The third-order valence-electron chi connectivity index (χ3n) is 6.44. The second-order valence-corrected chi connectivity index (χ2v) is 10.8. The molecule has 0 aromatic heterocycles. The molecule has 6 nitrogen and oxygen atoms in total. The van der Waals surface area contributed by atoms with Crippen molar-refractivity contribution >= 4 is 15.9 Å². The Morgan fingerprint density at radius 2 is 1.87 bits per heavy atom. The lowest BCUT2D eigenvalue weighted by atomic mass is 9.77. The first-order valence-electron chi connectivity index (χ1n) is 10.8. The molecule has 1 spiro atoms. The predicted octanol–water partition coefficient (Wildman–Crippen LogP) is 2.66. The SMILES string of the molecule is Cc1ccc(CS(=O)(=O)N2CC[C@@]3(COCC[C@@H]3NC(=O)Cc3ccccc3)C2)cc1. The summed E-state index contributed by atoms with van der Waals surface area (Å²) < 4.78 is 33.5. The Morgan fingerprint density at radius 3 is 2.61 bits per heavy atom. The van der Waals surface area contributed by atoms with Crippen molar-refractivity contribution in [3.8, 4) is 0 Å². The summed E-state index contributed by atoms with van der Waals surface area (Å²) in [6, 6.07) is 17.2. The second kappa shape index (κ2) is 9.10. The van der Waals surface area contributed by atoms with Gasteiger partial charge in [0, 0.05) is 31.2 Å². The van der Waals surface area contributed by atoms with Crippen LogP contribution in [-0.4, -0.2) is 51.0 Å². The summed E-state index contributed by atoms with van der Waals surface area (Å²) >= 11 is 0. The van der Waals surface area contributed by atoms with Crippen LogP contribution in [0.15, 0.2) is 54.6 Å². The molecular weight excluding hydrogens is 412 g/mol. The molecule has 0 aliphatic carbocycles. The minimum atomic E-state index is -3.44. The van der Waals surface area contributed by atoms with Crippen LogP contribution in [0.1, 0.15) is 29.5 Å². The zero-order chi connectivity index (χ0) is 21.9. The normalized spacial score (nSPS) is 24.4. The molecule has 0 bridgehead atoms. The molecule has 166 valence electrons. The standard InChI is InChI=1S/C24H30N2O4S/c1-19-7-9-21(10-8-19)16-31(28,29)26-13-12-24(17-26)18-30-14-11-22(24)25-23(27)15-20-5-3-2-4-6-20/h2-10,22H,11-18H2,1H3,(H,25,27)/t22-,24-/m0/s1. The lowest BCUT2D eigenvalue weighted by Crippen LogP contribution is -2.55. The Kier molecular flexibility index (Phi) is 6.46. The predicted molar refractivity (Wildman–Crippen MR) is 120 cm³/mol. The highest BCUT2D eigenvalue weighted by molar-refractivity contribution is 7.88. The third-order valence-corrected chi connectivity index (χ3v) is 8.23. The van der Waals surface area contributed by atoms with Gasteiger partial charge in [-0.15, -0.1) is 0 Å². The maximum absolute atomic E-state index is 13.1. The van der Waals surface area contributed by atoms with Gasteiger partial charge in [0.25, 0.3) is 0 Å². The van der Waals surface area contributed by atoms with Crippen LogP contribution in [-0.2, 0) is 31.7 Å². The zero-order valence-corrected chi connectivity index (χ0v) is 18.7. The van der Waals surface area contributed by atoms with Crippen LogP contribution in [0.2, 0.25) is 0 Å². The highest BCUT2D eigenvalue weighted by atomic mass is 32.2. The summed E-state index contributed by atoms with van der Waals surface area (Å²) in [4.78, 5) is 12.7. The Balaban J connectivity index is 1.43. The summed E-state index contributed by atoms with van der Waals surface area (Å²) in [5.74, 6) is -0.0339. The first-order valence-corrected chi connectivity index (χ1v) is 12.4. The minimum absolute atomic E-state index is 0.00471. The fourth-order valence-electron chi connectivity index (χ4n) is 4.62. The fraction of sp³-hybridized carbons (Fsp3) is 0.458. The van der Waals surface area contributed by atoms with Crippen molar-refractivity contribution in [3.63, 3.8) is 0 Å². The molecular formula is C24H30N2O4S. The molecule has 1 N–H and O–H groups in total. The van der Waals surface area contributed by atoms with E-state index in [1.807, 2.05) is 61.5 Å². The van der Waals surface area contributed by atoms with Gasteiger partial charge < -0.3 is 10.1 Å². The summed E-state index contributed by atoms with van der Waals surface area (Å²) in [6.45, 7) is 3.88. The average Bonchev–Trinajstić information content (AvgIpc) is 3.18. The molecule has 0 saturated carbocycles. The molecule has 2 saturated heterocycles. The number of rotatable bonds is 6. The number of nitrogens with zero attached hydrogens (tertiary/aromatic N) is 1. The molecule has 2 aliphatic heterocycles. The summed E-state index contributed by atoms with van der Waals surface area (Å²) in [5.41, 5.74) is 2.49. The van der Waals surface area contributed by atoms with E-state index < -0.39 is 10.0 Å². The highest BCUT2D eigenvalue weighted by Crippen LogP contribution is 2.40. The van der Waals surface area contributed by atoms with Gasteiger partial charge in [-0.25, -0.2) is 12.7 Å². The zero-order valence-electron chi connectivity index (χ0n) is 17.9. The molecule has 2 fully saturated rings. The molecule has 31 heavy (non-hydrogen) atoms. The lowest BCUT2D eigenvalue weighted by molar-refractivity contribution is -0.124. The number of nitrogens with one attached hydrogen (secondary N) is 1. The molecule has 2 aromatic rings. The van der Waals surface area contributed by atoms with Gasteiger partial charge in [-0.05, 0) is 30.9 Å². The lowest BCUT2D eigenvalue weighted by Gasteiger charge is -2.41. The maximum Gasteiger partial charge on any atom is 0.224 e. The molecule has 2 aliphatic rings. The van der Waals surface area contributed by atoms with Gasteiger partial charge in [-0.3, -0.25) is 4.79 Å². The molecule has 2 atom stereocenters. The number of carbonyl (C=O) groups excluding carboxylic acids is 1. The topological polar surface area (TPSA) is 75.7 Å². The van der Waals surface area contributed by atoms with Gasteiger partial charge >= 0.3 is 0 Å². The Hall–Kier alpha value is -2.22. The number of amides is 1. The molecule has 1 amide bonds. The first kappa shape index (κ1) is 22.0. The van der Waals surface area contributed by atoms with Gasteiger partial charge in [0.1, 0.15) is 0 Å². The van der Waals surface area contributed by atoms with Crippen LogP contribution in [0.3, 0.4) is 0 Å². The Labute approximate surface area is 184 Å². The highest BCUT2D eigenvalue weighted by Gasteiger charge is 2.49. The quantitative estimate of drug-likeness (QED) is 0.746. The Bertz CT molecular complexity index is 1010. The van der Waals surface area contributed by atoms with Crippen LogP contribution in [0.5, 0.6) is 0 Å². The van der Waals surface area contributed by atoms with Crippen molar-refractivity contribution in [1.82, 2.24) is 9.62 Å².